The van der Waals surface area contributed by atoms with Gasteiger partial charge in [-0.15, -0.1) is 0 Å². The summed E-state index contributed by atoms with van der Waals surface area (Å²) in [4.78, 5) is 11.8. The van der Waals surface area contributed by atoms with Gasteiger partial charge in [0.15, 0.2) is 0 Å². The highest BCUT2D eigenvalue weighted by Gasteiger charge is 2.37. The number of carbonyl (C=O) groups is 1. The van der Waals surface area contributed by atoms with E-state index in [1.165, 1.54) is 35.1 Å². The Bertz CT molecular complexity index is 925. The van der Waals surface area contributed by atoms with Crippen molar-refractivity contribution in [1.29, 1.82) is 0 Å². The molecule has 0 saturated carbocycles. The molecule has 2 aromatic rings. The molecule has 3 heteroatoms. The summed E-state index contributed by atoms with van der Waals surface area (Å²) in [5.74, 6) is 0.483. The quantitative estimate of drug-likeness (QED) is 0.556. The summed E-state index contributed by atoms with van der Waals surface area (Å²) in [6.45, 7) is 15.8. The minimum Gasteiger partial charge on any atom is -0.460 e. The first-order valence-corrected chi connectivity index (χ1v) is 10.2. The lowest BCUT2D eigenvalue weighted by molar-refractivity contribution is 0.0489. The molecular formula is C25H32O3. The minimum atomic E-state index is -0.422. The topological polar surface area (TPSA) is 39.4 Å². The lowest BCUT2D eigenvalue weighted by Crippen LogP contribution is -2.34. The molecule has 1 aromatic heterocycles. The normalized spacial score (nSPS) is 17.9. The maximum atomic E-state index is 11.8. The number of benzene rings is 1. The molecule has 1 aliphatic rings. The summed E-state index contributed by atoms with van der Waals surface area (Å²) in [5, 5.41) is 0. The third kappa shape index (κ3) is 3.80. The molecule has 0 atom stereocenters. The molecule has 0 bridgehead atoms. The molecule has 150 valence electrons. The van der Waals surface area contributed by atoms with Gasteiger partial charge >= 0.3 is 5.97 Å². The second kappa shape index (κ2) is 7.27. The van der Waals surface area contributed by atoms with Crippen LogP contribution in [0.3, 0.4) is 0 Å². The Kier molecular flexibility index (Phi) is 5.31. The van der Waals surface area contributed by atoms with Crippen LogP contribution in [0.15, 0.2) is 28.7 Å². The summed E-state index contributed by atoms with van der Waals surface area (Å²) in [5.41, 5.74) is 6.94. The van der Waals surface area contributed by atoms with Crippen molar-refractivity contribution in [3.8, 4) is 0 Å². The highest BCUT2D eigenvalue weighted by Crippen LogP contribution is 2.47. The molecule has 0 N–H and O–H groups in total. The predicted octanol–water partition coefficient (Wildman–Crippen LogP) is 6.67. The minimum absolute atomic E-state index is 0.176. The van der Waals surface area contributed by atoms with Crippen LogP contribution in [0.5, 0.6) is 0 Å². The van der Waals surface area contributed by atoms with E-state index >= 15 is 0 Å². The van der Waals surface area contributed by atoms with Crippen LogP contribution in [0.2, 0.25) is 0 Å². The monoisotopic (exact) mass is 380 g/mol. The number of esters is 1. The number of allylic oxidation sites excluding steroid dienone is 1. The molecule has 3 rings (SSSR count). The summed E-state index contributed by atoms with van der Waals surface area (Å²) >= 11 is 0. The zero-order chi connectivity index (χ0) is 20.7. The third-order valence-electron chi connectivity index (χ3n) is 6.08. The SMILES string of the molecule is CCOC(=O)c1ccc(/C=C(\C)c2cc3c(cc2C)C(C)(C)CCC3(C)C)o1. The Morgan fingerprint density at radius 3 is 2.32 bits per heavy atom. The Hall–Kier alpha value is -2.29. The molecule has 1 aromatic carbocycles. The van der Waals surface area contributed by atoms with E-state index in [9.17, 15) is 4.79 Å². The van der Waals surface area contributed by atoms with Gasteiger partial charge in [-0.05, 0) is 90.5 Å². The van der Waals surface area contributed by atoms with Crippen molar-refractivity contribution in [3.63, 3.8) is 0 Å². The van der Waals surface area contributed by atoms with E-state index in [1.54, 1.807) is 13.0 Å². The fraction of sp³-hybridized carbons (Fsp3) is 0.480. The van der Waals surface area contributed by atoms with Crippen molar-refractivity contribution in [2.45, 2.75) is 72.1 Å². The van der Waals surface area contributed by atoms with Gasteiger partial charge in [0.2, 0.25) is 5.76 Å². The molecule has 1 aliphatic carbocycles. The lowest BCUT2D eigenvalue weighted by Gasteiger charge is -2.42. The number of carbonyl (C=O) groups excluding carboxylic acids is 1. The van der Waals surface area contributed by atoms with Crippen LogP contribution >= 0.6 is 0 Å². The van der Waals surface area contributed by atoms with E-state index in [0.29, 0.717) is 12.4 Å². The molecule has 0 radical (unpaired) electrons. The summed E-state index contributed by atoms with van der Waals surface area (Å²) in [6.07, 6.45) is 4.40. The van der Waals surface area contributed by atoms with E-state index in [0.717, 1.165) is 5.57 Å². The Labute approximate surface area is 168 Å². The predicted molar refractivity (Wildman–Crippen MR) is 115 cm³/mol. The molecule has 3 nitrogen and oxygen atoms in total. The maximum absolute atomic E-state index is 11.8. The van der Waals surface area contributed by atoms with Crippen LogP contribution in [-0.2, 0) is 15.6 Å². The van der Waals surface area contributed by atoms with Gasteiger partial charge < -0.3 is 9.15 Å². The van der Waals surface area contributed by atoms with Gasteiger partial charge in [-0.2, -0.15) is 0 Å². The van der Waals surface area contributed by atoms with E-state index in [4.69, 9.17) is 9.15 Å². The third-order valence-corrected chi connectivity index (χ3v) is 6.08. The molecular weight excluding hydrogens is 348 g/mol. The average molecular weight is 381 g/mol. The van der Waals surface area contributed by atoms with Crippen molar-refractivity contribution in [2.24, 2.45) is 0 Å². The first kappa shape index (κ1) is 20.4. The van der Waals surface area contributed by atoms with Gasteiger partial charge in [0.1, 0.15) is 5.76 Å². The maximum Gasteiger partial charge on any atom is 0.374 e. The zero-order valence-corrected chi connectivity index (χ0v) is 18.2. The van der Waals surface area contributed by atoms with Crippen LogP contribution in [0.1, 0.15) is 93.0 Å². The van der Waals surface area contributed by atoms with Crippen LogP contribution in [0, 0.1) is 6.92 Å². The second-order valence-electron chi connectivity index (χ2n) is 9.23. The van der Waals surface area contributed by atoms with Crippen molar-refractivity contribution in [3.05, 3.63) is 58.0 Å². The molecule has 0 saturated heterocycles. The van der Waals surface area contributed by atoms with E-state index in [-0.39, 0.29) is 16.6 Å². The largest absolute Gasteiger partial charge is 0.460 e. The Morgan fingerprint density at radius 1 is 1.11 bits per heavy atom. The number of furan rings is 1. The first-order chi connectivity index (χ1) is 13.0. The van der Waals surface area contributed by atoms with Crippen LogP contribution in [-0.4, -0.2) is 12.6 Å². The van der Waals surface area contributed by atoms with Gasteiger partial charge in [-0.3, -0.25) is 0 Å². The summed E-state index contributed by atoms with van der Waals surface area (Å²) in [6, 6.07) is 8.22. The fourth-order valence-corrected chi connectivity index (χ4v) is 4.18. The number of hydrogen-bond acceptors (Lipinski definition) is 3. The number of aryl methyl sites for hydroxylation is 1. The van der Waals surface area contributed by atoms with Crippen molar-refractivity contribution >= 4 is 17.6 Å². The highest BCUT2D eigenvalue weighted by molar-refractivity contribution is 5.87. The average Bonchev–Trinajstić information content (AvgIpc) is 3.07. The number of fused-ring (bicyclic) bond motifs is 1. The molecule has 0 spiro atoms. The van der Waals surface area contributed by atoms with Crippen LogP contribution < -0.4 is 0 Å². The smallest absolute Gasteiger partial charge is 0.374 e. The molecule has 1 heterocycles. The summed E-state index contributed by atoms with van der Waals surface area (Å²) < 4.78 is 10.7. The van der Waals surface area contributed by atoms with Crippen molar-refractivity contribution in [1.82, 2.24) is 0 Å². The zero-order valence-electron chi connectivity index (χ0n) is 18.2. The summed E-state index contributed by atoms with van der Waals surface area (Å²) in [7, 11) is 0. The first-order valence-electron chi connectivity index (χ1n) is 10.2. The van der Waals surface area contributed by atoms with Gasteiger partial charge in [-0.1, -0.05) is 39.8 Å². The van der Waals surface area contributed by atoms with Gasteiger partial charge in [0.05, 0.1) is 6.61 Å². The Balaban J connectivity index is 2.00. The molecule has 0 unspecified atom stereocenters. The second-order valence-corrected chi connectivity index (χ2v) is 9.23. The number of ether oxygens (including phenoxy) is 1. The number of hydrogen-bond donors (Lipinski definition) is 0. The van der Waals surface area contributed by atoms with Crippen molar-refractivity contribution in [2.75, 3.05) is 6.61 Å². The van der Waals surface area contributed by atoms with Gasteiger partial charge in [-0.25, -0.2) is 4.79 Å². The molecule has 0 fully saturated rings. The van der Waals surface area contributed by atoms with Gasteiger partial charge in [0.25, 0.3) is 0 Å². The van der Waals surface area contributed by atoms with E-state index < -0.39 is 5.97 Å². The molecule has 0 amide bonds. The van der Waals surface area contributed by atoms with Crippen LogP contribution in [0.25, 0.3) is 11.6 Å². The fourth-order valence-electron chi connectivity index (χ4n) is 4.18. The molecule has 28 heavy (non-hydrogen) atoms. The standard InChI is InChI=1S/C25H32O3/c1-8-27-23(26)22-10-9-18(28-22)13-16(2)19-15-21-20(14-17(19)3)24(4,5)11-12-25(21,6)7/h9-10,13-15H,8,11-12H2,1-7H3/b16-13+. The lowest BCUT2D eigenvalue weighted by atomic mass is 9.62. The van der Waals surface area contributed by atoms with Crippen LogP contribution in [0.4, 0.5) is 0 Å². The van der Waals surface area contributed by atoms with Crippen molar-refractivity contribution < 1.29 is 13.9 Å². The van der Waals surface area contributed by atoms with E-state index in [1.807, 2.05) is 12.1 Å². The Morgan fingerprint density at radius 2 is 1.71 bits per heavy atom. The highest BCUT2D eigenvalue weighted by atomic mass is 16.5. The number of rotatable bonds is 4. The molecule has 0 aliphatic heterocycles. The van der Waals surface area contributed by atoms with Gasteiger partial charge in [0, 0.05) is 0 Å². The van der Waals surface area contributed by atoms with E-state index in [2.05, 4.69) is 53.7 Å².